The monoisotopic (exact) mass is 129 g/mol. The highest BCUT2D eigenvalue weighted by Gasteiger charge is 2.15. The summed E-state index contributed by atoms with van der Waals surface area (Å²) in [6.07, 6.45) is 1.69. The zero-order valence-electron chi connectivity index (χ0n) is 5.59. The lowest BCUT2D eigenvalue weighted by Crippen LogP contribution is -1.76. The number of nitriles is 1. The van der Waals surface area contributed by atoms with Gasteiger partial charge in [0.25, 0.3) is 0 Å². The number of nitrogens with zero attached hydrogens (tertiary/aromatic N) is 1. The largest absolute Gasteiger partial charge is 0.198 e. The van der Waals surface area contributed by atoms with Gasteiger partial charge in [-0.3, -0.25) is 0 Å². The van der Waals surface area contributed by atoms with Crippen molar-refractivity contribution in [1.82, 2.24) is 0 Å². The first-order chi connectivity index (χ1) is 4.90. The molecule has 0 fully saturated rings. The Bertz CT molecular complexity index is 307. The van der Waals surface area contributed by atoms with Crippen LogP contribution in [-0.4, -0.2) is 0 Å². The van der Waals surface area contributed by atoms with Gasteiger partial charge in [-0.2, -0.15) is 5.26 Å². The quantitative estimate of drug-likeness (QED) is 0.574. The number of hydrogen-bond donors (Lipinski definition) is 0. The summed E-state index contributed by atoms with van der Waals surface area (Å²) in [5.74, 6) is 0. The van der Waals surface area contributed by atoms with Gasteiger partial charge in [0.2, 0.25) is 0 Å². The van der Waals surface area contributed by atoms with Gasteiger partial charge in [-0.1, -0.05) is 18.2 Å². The molecule has 2 rings (SSSR count). The van der Waals surface area contributed by atoms with Crippen LogP contribution in [0.1, 0.15) is 16.7 Å². The maximum Gasteiger partial charge on any atom is 0.0669 e. The van der Waals surface area contributed by atoms with Crippen LogP contribution in [0, 0.1) is 11.3 Å². The summed E-state index contributed by atoms with van der Waals surface area (Å²) in [5, 5.41) is 8.38. The molecule has 1 nitrogen and oxygen atoms in total. The third-order valence-electron chi connectivity index (χ3n) is 1.81. The molecule has 0 saturated carbocycles. The Morgan fingerprint density at radius 1 is 1.40 bits per heavy atom. The van der Waals surface area contributed by atoms with Gasteiger partial charge >= 0.3 is 0 Å². The summed E-state index contributed by atoms with van der Waals surface area (Å²) >= 11 is 0. The summed E-state index contributed by atoms with van der Waals surface area (Å²) < 4.78 is 0. The highest BCUT2D eigenvalue weighted by atomic mass is 14.2. The molecule has 1 heteroatoms. The molecule has 0 saturated heterocycles. The molecule has 0 aromatic heterocycles. The van der Waals surface area contributed by atoms with E-state index in [9.17, 15) is 0 Å². The van der Waals surface area contributed by atoms with E-state index >= 15 is 0 Å². The van der Waals surface area contributed by atoms with Crippen molar-refractivity contribution in [3.63, 3.8) is 0 Å². The van der Waals surface area contributed by atoms with Crippen LogP contribution in [0.15, 0.2) is 18.2 Å². The highest BCUT2D eigenvalue weighted by molar-refractivity contribution is 5.47. The van der Waals surface area contributed by atoms with E-state index in [0.717, 1.165) is 12.0 Å². The lowest BCUT2D eigenvalue weighted by Gasteiger charge is -1.87. The Morgan fingerprint density at radius 2 is 2.30 bits per heavy atom. The van der Waals surface area contributed by atoms with E-state index in [1.165, 1.54) is 11.1 Å². The fraction of sp³-hybridized carbons (Fsp3) is 0.222. The predicted octanol–water partition coefficient (Wildman–Crippen LogP) is 1.66. The SMILES string of the molecule is N#CCc1ccc2c(c1)C2. The molecule has 0 amide bonds. The van der Waals surface area contributed by atoms with Crippen LogP contribution in [0.3, 0.4) is 0 Å². The maximum atomic E-state index is 8.38. The molecule has 1 aliphatic rings. The smallest absolute Gasteiger partial charge is 0.0669 e. The summed E-state index contributed by atoms with van der Waals surface area (Å²) in [4.78, 5) is 0. The lowest BCUT2D eigenvalue weighted by molar-refractivity contribution is 1.27. The van der Waals surface area contributed by atoms with Crippen LogP contribution in [0.5, 0.6) is 0 Å². The lowest BCUT2D eigenvalue weighted by atomic mass is 10.2. The summed E-state index contributed by atoms with van der Waals surface area (Å²) in [7, 11) is 0. The average molecular weight is 129 g/mol. The number of rotatable bonds is 1. The number of hydrogen-bond acceptors (Lipinski definition) is 1. The highest BCUT2D eigenvalue weighted by Crippen LogP contribution is 2.28. The summed E-state index contributed by atoms with van der Waals surface area (Å²) in [5.41, 5.74) is 4.02. The molecule has 0 atom stereocenters. The minimum atomic E-state index is 0.549. The Morgan fingerprint density at radius 3 is 3.00 bits per heavy atom. The predicted molar refractivity (Wildman–Crippen MR) is 38.6 cm³/mol. The molecule has 0 radical (unpaired) electrons. The van der Waals surface area contributed by atoms with Gasteiger partial charge in [0.1, 0.15) is 0 Å². The van der Waals surface area contributed by atoms with Gasteiger partial charge in [-0.05, 0) is 23.1 Å². The van der Waals surface area contributed by atoms with Crippen LogP contribution >= 0.6 is 0 Å². The molecule has 0 heterocycles. The van der Waals surface area contributed by atoms with E-state index in [4.69, 9.17) is 5.26 Å². The van der Waals surface area contributed by atoms with E-state index in [-0.39, 0.29) is 0 Å². The summed E-state index contributed by atoms with van der Waals surface area (Å²) in [6.45, 7) is 0. The van der Waals surface area contributed by atoms with Gasteiger partial charge in [0.05, 0.1) is 12.5 Å². The zero-order valence-corrected chi connectivity index (χ0v) is 5.59. The Kier molecular flexibility index (Phi) is 1.01. The second kappa shape index (κ2) is 1.85. The molecule has 1 aromatic rings. The van der Waals surface area contributed by atoms with Crippen LogP contribution in [0.4, 0.5) is 0 Å². The topological polar surface area (TPSA) is 23.8 Å². The third kappa shape index (κ3) is 0.784. The molecule has 0 bridgehead atoms. The van der Waals surface area contributed by atoms with Crippen molar-refractivity contribution >= 4 is 0 Å². The van der Waals surface area contributed by atoms with Crippen LogP contribution in [-0.2, 0) is 12.8 Å². The normalized spacial score (nSPS) is 11.9. The standard InChI is InChI=1S/C9H7N/c10-4-3-7-1-2-8-6-9(8)5-7/h1-2,5H,3,6H2. The molecular weight excluding hydrogens is 122 g/mol. The zero-order chi connectivity index (χ0) is 6.97. The van der Waals surface area contributed by atoms with Crippen molar-refractivity contribution in [3.8, 4) is 6.07 Å². The molecule has 0 N–H and O–H groups in total. The Balaban J connectivity index is 2.32. The molecule has 10 heavy (non-hydrogen) atoms. The van der Waals surface area contributed by atoms with Gasteiger partial charge in [-0.15, -0.1) is 0 Å². The molecular formula is C9H7N. The van der Waals surface area contributed by atoms with E-state index in [2.05, 4.69) is 18.2 Å². The van der Waals surface area contributed by atoms with Crippen molar-refractivity contribution in [1.29, 1.82) is 5.26 Å². The molecule has 0 aliphatic heterocycles. The van der Waals surface area contributed by atoms with E-state index in [1.54, 1.807) is 0 Å². The minimum absolute atomic E-state index is 0.549. The van der Waals surface area contributed by atoms with Crippen LogP contribution in [0.25, 0.3) is 0 Å². The Hall–Kier alpha value is -1.29. The van der Waals surface area contributed by atoms with Gasteiger partial charge in [0.15, 0.2) is 0 Å². The summed E-state index contributed by atoms with van der Waals surface area (Å²) in [6, 6.07) is 8.41. The molecule has 0 spiro atoms. The van der Waals surface area contributed by atoms with E-state index in [0.29, 0.717) is 6.42 Å². The number of fused-ring (bicyclic) bond motifs is 1. The Labute approximate surface area is 59.9 Å². The molecule has 1 aliphatic carbocycles. The first-order valence-corrected chi connectivity index (χ1v) is 3.38. The second-order valence-corrected chi connectivity index (χ2v) is 2.61. The molecule has 0 unspecified atom stereocenters. The fourth-order valence-corrected chi connectivity index (χ4v) is 1.15. The van der Waals surface area contributed by atoms with E-state index < -0.39 is 0 Å². The van der Waals surface area contributed by atoms with Gasteiger partial charge in [0, 0.05) is 0 Å². The number of benzene rings is 1. The van der Waals surface area contributed by atoms with Gasteiger partial charge in [-0.25, -0.2) is 0 Å². The second-order valence-electron chi connectivity index (χ2n) is 2.61. The van der Waals surface area contributed by atoms with E-state index in [1.807, 2.05) is 6.07 Å². The fourth-order valence-electron chi connectivity index (χ4n) is 1.15. The first-order valence-electron chi connectivity index (χ1n) is 3.38. The molecule has 48 valence electrons. The van der Waals surface area contributed by atoms with Gasteiger partial charge < -0.3 is 0 Å². The van der Waals surface area contributed by atoms with Crippen molar-refractivity contribution in [2.45, 2.75) is 12.8 Å². The van der Waals surface area contributed by atoms with Crippen molar-refractivity contribution in [2.75, 3.05) is 0 Å². The van der Waals surface area contributed by atoms with Crippen LogP contribution < -0.4 is 0 Å². The molecule has 1 aromatic carbocycles. The van der Waals surface area contributed by atoms with Crippen molar-refractivity contribution < 1.29 is 0 Å². The minimum Gasteiger partial charge on any atom is -0.198 e. The van der Waals surface area contributed by atoms with Crippen molar-refractivity contribution in [3.05, 3.63) is 34.9 Å². The van der Waals surface area contributed by atoms with Crippen molar-refractivity contribution in [2.24, 2.45) is 0 Å². The third-order valence-corrected chi connectivity index (χ3v) is 1.81. The maximum absolute atomic E-state index is 8.38. The van der Waals surface area contributed by atoms with Crippen LogP contribution in [0.2, 0.25) is 0 Å². The first kappa shape index (κ1) is 5.49. The average Bonchev–Trinajstić information content (AvgIpc) is 2.66.